The van der Waals surface area contributed by atoms with E-state index in [-0.39, 0.29) is 24.2 Å². The third-order valence-corrected chi connectivity index (χ3v) is 5.61. The highest BCUT2D eigenvalue weighted by Crippen LogP contribution is 2.24. The molecule has 2 aromatic rings. The molecular formula is C20H31N11O. The normalized spacial score (nSPS) is 26.1. The molecule has 4 unspecified atom stereocenters. The molecule has 32 heavy (non-hydrogen) atoms. The van der Waals surface area contributed by atoms with Crippen molar-refractivity contribution in [3.8, 4) is 0 Å². The van der Waals surface area contributed by atoms with E-state index in [9.17, 15) is 4.79 Å². The first-order valence-electron chi connectivity index (χ1n) is 10.7. The van der Waals surface area contributed by atoms with Crippen LogP contribution in [0.3, 0.4) is 0 Å². The maximum absolute atomic E-state index is 11.5. The van der Waals surface area contributed by atoms with Crippen molar-refractivity contribution in [3.63, 3.8) is 0 Å². The second-order valence-corrected chi connectivity index (χ2v) is 8.65. The lowest BCUT2D eigenvalue weighted by Crippen LogP contribution is -2.54. The fraction of sp³-hybridized carbons (Fsp3) is 0.500. The molecule has 0 bridgehead atoms. The average molecular weight is 442 g/mol. The first-order valence-corrected chi connectivity index (χ1v) is 10.7. The van der Waals surface area contributed by atoms with Gasteiger partial charge in [-0.2, -0.15) is 15.0 Å². The van der Waals surface area contributed by atoms with E-state index in [4.69, 9.17) is 33.7 Å². The maximum atomic E-state index is 11.5. The van der Waals surface area contributed by atoms with Crippen molar-refractivity contribution in [1.82, 2.24) is 15.0 Å². The summed E-state index contributed by atoms with van der Waals surface area (Å²) in [5.74, 6) is 0.758. The standard InChI is InChI=1S/C20H31N11O/c21-12-5-13(22)8-30(7-12)19-27-18(26-16-3-1-2-11(4-16)17(25)32)28-20(29-19)31-9-14(23)6-15(24)10-31/h1-4,12-15H,5-10,21-24H2,(H2,25,32)(H,26,27,28,29). The summed E-state index contributed by atoms with van der Waals surface area (Å²) < 4.78 is 0. The van der Waals surface area contributed by atoms with E-state index in [1.54, 1.807) is 24.3 Å². The molecule has 0 saturated carbocycles. The number of amides is 1. The number of carbonyl (C=O) groups excluding carboxylic acids is 1. The van der Waals surface area contributed by atoms with Crippen LogP contribution in [0.2, 0.25) is 0 Å². The third-order valence-electron chi connectivity index (χ3n) is 5.61. The summed E-state index contributed by atoms with van der Waals surface area (Å²) in [6.07, 6.45) is 1.49. The van der Waals surface area contributed by atoms with Gasteiger partial charge in [-0.15, -0.1) is 0 Å². The summed E-state index contributed by atoms with van der Waals surface area (Å²) in [5.41, 5.74) is 31.1. The highest BCUT2D eigenvalue weighted by Gasteiger charge is 2.28. The molecule has 0 radical (unpaired) electrons. The van der Waals surface area contributed by atoms with Crippen molar-refractivity contribution in [2.24, 2.45) is 28.7 Å². The van der Waals surface area contributed by atoms with Gasteiger partial charge in [0.1, 0.15) is 0 Å². The number of hydrogen-bond donors (Lipinski definition) is 6. The van der Waals surface area contributed by atoms with Crippen molar-refractivity contribution >= 4 is 29.4 Å². The van der Waals surface area contributed by atoms with Gasteiger partial charge in [0.25, 0.3) is 0 Å². The van der Waals surface area contributed by atoms with Crippen LogP contribution in [0.5, 0.6) is 0 Å². The van der Waals surface area contributed by atoms with Gasteiger partial charge < -0.3 is 43.8 Å². The van der Waals surface area contributed by atoms with E-state index in [1.165, 1.54) is 0 Å². The lowest BCUT2D eigenvalue weighted by molar-refractivity contribution is 0.100. The van der Waals surface area contributed by atoms with E-state index in [0.717, 1.165) is 12.8 Å². The smallest absolute Gasteiger partial charge is 0.248 e. The zero-order chi connectivity index (χ0) is 22.8. The van der Waals surface area contributed by atoms with E-state index in [1.807, 2.05) is 9.80 Å². The molecule has 172 valence electrons. The van der Waals surface area contributed by atoms with Crippen LogP contribution in [0.15, 0.2) is 24.3 Å². The van der Waals surface area contributed by atoms with Gasteiger partial charge in [-0.1, -0.05) is 6.07 Å². The summed E-state index contributed by atoms with van der Waals surface area (Å²) in [5, 5.41) is 3.15. The molecule has 2 aliphatic rings. The highest BCUT2D eigenvalue weighted by molar-refractivity contribution is 5.93. The monoisotopic (exact) mass is 441 g/mol. The SMILES string of the molecule is NC(=O)c1cccc(Nc2nc(N3CC(N)CC(N)C3)nc(N3CC(N)CC(N)C3)n2)c1. The summed E-state index contributed by atoms with van der Waals surface area (Å²) in [6, 6.07) is 6.54. The van der Waals surface area contributed by atoms with Gasteiger partial charge in [0, 0.05) is 61.6 Å². The number of primary amides is 1. The Morgan fingerprint density at radius 3 is 1.81 bits per heavy atom. The Balaban J connectivity index is 1.68. The lowest BCUT2D eigenvalue weighted by Gasteiger charge is -2.37. The molecule has 1 aromatic heterocycles. The minimum Gasteiger partial charge on any atom is -0.366 e. The molecule has 2 aliphatic heterocycles. The van der Waals surface area contributed by atoms with Gasteiger partial charge in [-0.05, 0) is 31.0 Å². The number of piperidine rings is 2. The molecule has 3 heterocycles. The molecule has 2 saturated heterocycles. The quantitative estimate of drug-likeness (QED) is 0.313. The van der Waals surface area contributed by atoms with Gasteiger partial charge in [0.05, 0.1) is 0 Å². The fourth-order valence-electron chi connectivity index (χ4n) is 4.26. The molecule has 2 fully saturated rings. The Morgan fingerprint density at radius 2 is 1.34 bits per heavy atom. The number of carbonyl (C=O) groups is 1. The predicted octanol–water partition coefficient (Wildman–Crippen LogP) is -1.56. The van der Waals surface area contributed by atoms with Crippen molar-refractivity contribution in [1.29, 1.82) is 0 Å². The topological polar surface area (TPSA) is 204 Å². The van der Waals surface area contributed by atoms with E-state index in [0.29, 0.717) is 55.3 Å². The minimum absolute atomic E-state index is 0.0700. The molecule has 4 atom stereocenters. The molecule has 1 amide bonds. The van der Waals surface area contributed by atoms with Crippen LogP contribution >= 0.6 is 0 Å². The molecular weight excluding hydrogens is 410 g/mol. The van der Waals surface area contributed by atoms with Crippen LogP contribution in [-0.2, 0) is 0 Å². The number of nitrogens with two attached hydrogens (primary N) is 5. The van der Waals surface area contributed by atoms with Gasteiger partial charge >= 0.3 is 0 Å². The van der Waals surface area contributed by atoms with Crippen LogP contribution in [-0.4, -0.2) is 71.2 Å². The summed E-state index contributed by atoms with van der Waals surface area (Å²) in [4.78, 5) is 29.4. The molecule has 0 spiro atoms. The van der Waals surface area contributed by atoms with Crippen LogP contribution in [0, 0.1) is 0 Å². The van der Waals surface area contributed by atoms with Gasteiger partial charge in [0.15, 0.2) is 0 Å². The molecule has 11 N–H and O–H groups in total. The minimum atomic E-state index is -0.516. The zero-order valence-electron chi connectivity index (χ0n) is 17.9. The van der Waals surface area contributed by atoms with Crippen LogP contribution in [0.25, 0.3) is 0 Å². The van der Waals surface area contributed by atoms with E-state index < -0.39 is 5.91 Å². The molecule has 12 heteroatoms. The fourth-order valence-corrected chi connectivity index (χ4v) is 4.26. The largest absolute Gasteiger partial charge is 0.366 e. The molecule has 4 rings (SSSR count). The van der Waals surface area contributed by atoms with Crippen molar-refractivity contribution in [2.75, 3.05) is 41.3 Å². The first kappa shape index (κ1) is 22.1. The predicted molar refractivity (Wildman–Crippen MR) is 124 cm³/mol. The van der Waals surface area contributed by atoms with E-state index in [2.05, 4.69) is 15.3 Å². The number of nitrogens with one attached hydrogen (secondary N) is 1. The Morgan fingerprint density at radius 1 is 0.844 bits per heavy atom. The first-order chi connectivity index (χ1) is 15.3. The van der Waals surface area contributed by atoms with E-state index >= 15 is 0 Å². The highest BCUT2D eigenvalue weighted by atomic mass is 16.1. The lowest BCUT2D eigenvalue weighted by atomic mass is 10.0. The third kappa shape index (κ3) is 5.22. The second-order valence-electron chi connectivity index (χ2n) is 8.65. The van der Waals surface area contributed by atoms with Crippen LogP contribution in [0.4, 0.5) is 23.5 Å². The molecule has 1 aromatic carbocycles. The Hall–Kier alpha value is -3.06. The average Bonchev–Trinajstić information content (AvgIpc) is 2.72. The van der Waals surface area contributed by atoms with Gasteiger partial charge in [-0.3, -0.25) is 4.79 Å². The molecule has 12 nitrogen and oxygen atoms in total. The zero-order valence-corrected chi connectivity index (χ0v) is 17.9. The maximum Gasteiger partial charge on any atom is 0.248 e. The Bertz CT molecular complexity index is 906. The number of nitrogens with zero attached hydrogens (tertiary/aromatic N) is 5. The molecule has 0 aliphatic carbocycles. The van der Waals surface area contributed by atoms with Crippen molar-refractivity contribution in [3.05, 3.63) is 29.8 Å². The summed E-state index contributed by atoms with van der Waals surface area (Å²) >= 11 is 0. The van der Waals surface area contributed by atoms with Crippen molar-refractivity contribution < 1.29 is 4.79 Å². The van der Waals surface area contributed by atoms with Crippen LogP contribution in [0.1, 0.15) is 23.2 Å². The summed E-state index contributed by atoms with van der Waals surface area (Å²) in [7, 11) is 0. The van der Waals surface area contributed by atoms with Crippen molar-refractivity contribution in [2.45, 2.75) is 37.0 Å². The Labute approximate surface area is 186 Å². The van der Waals surface area contributed by atoms with Gasteiger partial charge in [-0.25, -0.2) is 0 Å². The summed E-state index contributed by atoms with van der Waals surface area (Å²) in [6.45, 7) is 2.36. The number of hydrogen-bond acceptors (Lipinski definition) is 11. The number of rotatable bonds is 5. The number of benzene rings is 1. The van der Waals surface area contributed by atoms with Crippen LogP contribution < -0.4 is 43.8 Å². The second kappa shape index (κ2) is 9.20. The number of aromatic nitrogens is 3. The Kier molecular flexibility index (Phi) is 6.37. The number of anilines is 4. The van der Waals surface area contributed by atoms with Gasteiger partial charge in [0.2, 0.25) is 23.8 Å².